The van der Waals surface area contributed by atoms with Gasteiger partial charge in [-0.1, -0.05) is 6.07 Å². The molecular weight excluding hydrogens is 278 g/mol. The highest BCUT2D eigenvalue weighted by Gasteiger charge is 2.31. The van der Waals surface area contributed by atoms with Crippen LogP contribution in [-0.4, -0.2) is 38.8 Å². The van der Waals surface area contributed by atoms with Crippen LogP contribution in [-0.2, 0) is 20.0 Å². The molecule has 0 spiro atoms. The quantitative estimate of drug-likeness (QED) is 0.908. The second kappa shape index (κ2) is 6.42. The number of aliphatic hydroxyl groups excluding tert-OH is 1. The van der Waals surface area contributed by atoms with Crippen LogP contribution >= 0.6 is 0 Å². The van der Waals surface area contributed by atoms with E-state index in [-0.39, 0.29) is 17.6 Å². The molecule has 0 aliphatic carbocycles. The number of β-amino-alcohol motifs (C(OH)–C–C–N with tert-alkyl or cyclic N) is 1. The summed E-state index contributed by atoms with van der Waals surface area (Å²) >= 11 is 0. The second-order valence-electron chi connectivity index (χ2n) is 6.03. The average molecular weight is 299 g/mol. The first-order valence-corrected chi connectivity index (χ1v) is 7.57. The normalized spacial score (nSPS) is 22.1. The minimum atomic E-state index is -0.347. The van der Waals surface area contributed by atoms with Crippen LogP contribution < -0.4 is 5.56 Å². The fourth-order valence-electron chi connectivity index (χ4n) is 3.11. The SMILES string of the molecule is Cn1cccc(CN2C[C@@H](Cc3ccncc3)[C@@H](O)C2)c1=O. The van der Waals surface area contributed by atoms with Crippen molar-refractivity contribution in [2.45, 2.75) is 19.1 Å². The monoisotopic (exact) mass is 299 g/mol. The van der Waals surface area contributed by atoms with Gasteiger partial charge in [0.05, 0.1) is 6.10 Å². The van der Waals surface area contributed by atoms with Gasteiger partial charge in [0.25, 0.3) is 5.56 Å². The molecule has 0 bridgehead atoms. The summed E-state index contributed by atoms with van der Waals surface area (Å²) in [5.74, 6) is 0.204. The molecule has 0 saturated carbocycles. The van der Waals surface area contributed by atoms with Gasteiger partial charge in [-0.3, -0.25) is 14.7 Å². The number of aromatic nitrogens is 2. The fourth-order valence-corrected chi connectivity index (χ4v) is 3.11. The fraction of sp³-hybridized carbons (Fsp3) is 0.412. The summed E-state index contributed by atoms with van der Waals surface area (Å²) in [5.41, 5.74) is 2.01. The molecule has 0 unspecified atom stereocenters. The smallest absolute Gasteiger partial charge is 0.254 e. The Morgan fingerprint density at radius 2 is 2.05 bits per heavy atom. The Balaban J connectivity index is 1.66. The molecule has 1 fully saturated rings. The molecule has 1 saturated heterocycles. The lowest BCUT2D eigenvalue weighted by Gasteiger charge is -2.15. The van der Waals surface area contributed by atoms with Crippen molar-refractivity contribution >= 4 is 0 Å². The summed E-state index contributed by atoms with van der Waals surface area (Å²) < 4.78 is 1.59. The minimum absolute atomic E-state index is 0.0366. The molecule has 1 aliphatic rings. The van der Waals surface area contributed by atoms with Gasteiger partial charge in [-0.05, 0) is 30.2 Å². The Labute approximate surface area is 129 Å². The van der Waals surface area contributed by atoms with Crippen LogP contribution in [0.2, 0.25) is 0 Å². The van der Waals surface area contributed by atoms with E-state index in [0.29, 0.717) is 13.1 Å². The van der Waals surface area contributed by atoms with Crippen molar-refractivity contribution in [3.63, 3.8) is 0 Å². The number of nitrogens with zero attached hydrogens (tertiary/aromatic N) is 3. The summed E-state index contributed by atoms with van der Waals surface area (Å²) in [7, 11) is 1.76. The van der Waals surface area contributed by atoms with Crippen LogP contribution in [0.3, 0.4) is 0 Å². The van der Waals surface area contributed by atoms with E-state index in [9.17, 15) is 9.90 Å². The molecule has 2 atom stereocenters. The van der Waals surface area contributed by atoms with E-state index in [4.69, 9.17) is 0 Å². The van der Waals surface area contributed by atoms with E-state index in [1.54, 1.807) is 30.2 Å². The third-order valence-corrected chi connectivity index (χ3v) is 4.33. The first kappa shape index (κ1) is 14.9. The number of aliphatic hydroxyl groups is 1. The molecule has 5 nitrogen and oxygen atoms in total. The highest BCUT2D eigenvalue weighted by atomic mass is 16.3. The van der Waals surface area contributed by atoms with E-state index < -0.39 is 0 Å². The van der Waals surface area contributed by atoms with Crippen LogP contribution in [0.25, 0.3) is 0 Å². The molecular formula is C17H21N3O2. The summed E-state index contributed by atoms with van der Waals surface area (Å²) in [6.45, 7) is 2.02. The van der Waals surface area contributed by atoms with E-state index in [0.717, 1.165) is 18.5 Å². The standard InChI is InChI=1S/C17H21N3O2/c1-19-8-2-3-14(17(19)22)10-20-11-15(16(21)12-20)9-13-4-6-18-7-5-13/h2-8,15-16,21H,9-12H2,1H3/t15-,16+/m1/s1. The van der Waals surface area contributed by atoms with E-state index >= 15 is 0 Å². The number of hydrogen-bond donors (Lipinski definition) is 1. The van der Waals surface area contributed by atoms with Crippen molar-refractivity contribution in [1.29, 1.82) is 0 Å². The molecule has 0 aromatic carbocycles. The Morgan fingerprint density at radius 3 is 2.82 bits per heavy atom. The Kier molecular flexibility index (Phi) is 4.36. The highest BCUT2D eigenvalue weighted by Crippen LogP contribution is 2.22. The lowest BCUT2D eigenvalue weighted by atomic mass is 9.97. The predicted molar refractivity (Wildman–Crippen MR) is 84.4 cm³/mol. The van der Waals surface area contributed by atoms with Crippen molar-refractivity contribution in [2.75, 3.05) is 13.1 Å². The lowest BCUT2D eigenvalue weighted by Crippen LogP contribution is -2.28. The van der Waals surface area contributed by atoms with Gasteiger partial charge in [0.1, 0.15) is 0 Å². The van der Waals surface area contributed by atoms with Gasteiger partial charge in [-0.2, -0.15) is 0 Å². The zero-order chi connectivity index (χ0) is 15.5. The Morgan fingerprint density at radius 1 is 1.27 bits per heavy atom. The third kappa shape index (κ3) is 3.26. The first-order chi connectivity index (χ1) is 10.6. The van der Waals surface area contributed by atoms with Crippen LogP contribution in [0.4, 0.5) is 0 Å². The van der Waals surface area contributed by atoms with Gasteiger partial charge in [-0.25, -0.2) is 0 Å². The molecule has 1 aliphatic heterocycles. The maximum absolute atomic E-state index is 12.1. The second-order valence-corrected chi connectivity index (χ2v) is 6.03. The molecule has 3 heterocycles. The van der Waals surface area contributed by atoms with Crippen LogP contribution in [0, 0.1) is 5.92 Å². The van der Waals surface area contributed by atoms with E-state index in [1.807, 2.05) is 24.3 Å². The molecule has 3 rings (SSSR count). The Bertz CT molecular complexity index is 684. The number of aryl methyl sites for hydroxylation is 1. The summed E-state index contributed by atoms with van der Waals surface area (Å²) in [6.07, 6.45) is 5.81. The zero-order valence-corrected chi connectivity index (χ0v) is 12.7. The molecule has 0 radical (unpaired) electrons. The maximum Gasteiger partial charge on any atom is 0.254 e. The first-order valence-electron chi connectivity index (χ1n) is 7.57. The van der Waals surface area contributed by atoms with Gasteiger partial charge in [0.2, 0.25) is 0 Å². The predicted octanol–water partition coefficient (Wildman–Crippen LogP) is 0.816. The lowest BCUT2D eigenvalue weighted by molar-refractivity contribution is 0.141. The van der Waals surface area contributed by atoms with Gasteiger partial charge >= 0.3 is 0 Å². The highest BCUT2D eigenvalue weighted by molar-refractivity contribution is 5.13. The molecule has 0 amide bonds. The minimum Gasteiger partial charge on any atom is -0.391 e. The number of rotatable bonds is 4. The average Bonchev–Trinajstić information content (AvgIpc) is 2.85. The van der Waals surface area contributed by atoms with E-state index in [2.05, 4.69) is 9.88 Å². The largest absolute Gasteiger partial charge is 0.391 e. The molecule has 2 aromatic rings. The van der Waals surface area contributed by atoms with Crippen molar-refractivity contribution < 1.29 is 5.11 Å². The number of hydrogen-bond acceptors (Lipinski definition) is 4. The van der Waals surface area contributed by atoms with Crippen molar-refractivity contribution in [3.05, 3.63) is 64.3 Å². The van der Waals surface area contributed by atoms with Gasteiger partial charge in [-0.15, -0.1) is 0 Å². The Hall–Kier alpha value is -1.98. The van der Waals surface area contributed by atoms with Crippen molar-refractivity contribution in [3.8, 4) is 0 Å². The van der Waals surface area contributed by atoms with Gasteiger partial charge in [0.15, 0.2) is 0 Å². The molecule has 116 valence electrons. The van der Waals surface area contributed by atoms with Crippen LogP contribution in [0.1, 0.15) is 11.1 Å². The molecule has 5 heteroatoms. The third-order valence-electron chi connectivity index (χ3n) is 4.33. The molecule has 1 N–H and O–H groups in total. The van der Waals surface area contributed by atoms with E-state index in [1.165, 1.54) is 5.56 Å². The molecule has 2 aromatic heterocycles. The van der Waals surface area contributed by atoms with Crippen molar-refractivity contribution in [1.82, 2.24) is 14.5 Å². The summed E-state index contributed by atoms with van der Waals surface area (Å²) in [4.78, 5) is 18.3. The van der Waals surface area contributed by atoms with Gasteiger partial charge < -0.3 is 9.67 Å². The topological polar surface area (TPSA) is 58.4 Å². The van der Waals surface area contributed by atoms with Crippen molar-refractivity contribution in [2.24, 2.45) is 13.0 Å². The number of pyridine rings is 2. The van der Waals surface area contributed by atoms with Crippen LogP contribution in [0.5, 0.6) is 0 Å². The summed E-state index contributed by atoms with van der Waals surface area (Å²) in [5, 5.41) is 10.3. The zero-order valence-electron chi connectivity index (χ0n) is 12.7. The summed E-state index contributed by atoms with van der Waals surface area (Å²) in [6, 6.07) is 7.73. The molecule has 22 heavy (non-hydrogen) atoms. The van der Waals surface area contributed by atoms with Crippen LogP contribution in [0.15, 0.2) is 47.7 Å². The van der Waals surface area contributed by atoms with Gasteiger partial charge in [0, 0.05) is 56.8 Å². The number of likely N-dealkylation sites (tertiary alicyclic amines) is 1. The maximum atomic E-state index is 12.1.